The number of anilines is 1. The second kappa shape index (κ2) is 6.74. The Balaban J connectivity index is 2.85. The minimum absolute atomic E-state index is 0.0161. The first kappa shape index (κ1) is 15.0. The molecule has 104 valence electrons. The number of carboxylic acids is 1. The third-order valence-corrected chi connectivity index (χ3v) is 3.05. The summed E-state index contributed by atoms with van der Waals surface area (Å²) in [7, 11) is -2.44. The molecular formula is C11H14N2O5S. The second-order valence-electron chi connectivity index (χ2n) is 3.77. The van der Waals surface area contributed by atoms with Crippen LogP contribution in [0.25, 0.3) is 0 Å². The van der Waals surface area contributed by atoms with Crippen molar-refractivity contribution in [3.05, 3.63) is 29.3 Å². The molecule has 0 atom stereocenters. The lowest BCUT2D eigenvalue weighted by molar-refractivity contribution is 0.0696. The lowest BCUT2D eigenvalue weighted by Crippen LogP contribution is -2.16. The molecule has 0 radical (unpaired) electrons. The van der Waals surface area contributed by atoms with Crippen molar-refractivity contribution in [3.63, 3.8) is 0 Å². The zero-order chi connectivity index (χ0) is 14.4. The van der Waals surface area contributed by atoms with Crippen LogP contribution >= 0.6 is 0 Å². The quantitative estimate of drug-likeness (QED) is 0.409. The molecule has 8 heteroatoms. The topological polar surface area (TPSA) is 127 Å². The molecule has 0 aromatic heterocycles. The van der Waals surface area contributed by atoms with E-state index >= 15 is 0 Å². The maximum Gasteiger partial charge on any atom is 0.335 e. The van der Waals surface area contributed by atoms with Crippen LogP contribution < -0.4 is 11.1 Å². The van der Waals surface area contributed by atoms with E-state index in [-0.39, 0.29) is 22.6 Å². The van der Waals surface area contributed by atoms with Crippen molar-refractivity contribution in [1.82, 2.24) is 0 Å². The Morgan fingerprint density at radius 1 is 1.32 bits per heavy atom. The normalized spacial score (nSPS) is 10.4. The van der Waals surface area contributed by atoms with Crippen LogP contribution in [0.5, 0.6) is 0 Å². The van der Waals surface area contributed by atoms with Crippen molar-refractivity contribution >= 4 is 28.3 Å². The van der Waals surface area contributed by atoms with E-state index in [0.717, 1.165) is 0 Å². The number of nitrogens with one attached hydrogen (secondary N) is 1. The van der Waals surface area contributed by atoms with Gasteiger partial charge in [0.05, 0.1) is 11.1 Å². The van der Waals surface area contributed by atoms with Gasteiger partial charge in [0.25, 0.3) is 5.91 Å². The number of thiol groups is 1. The fraction of sp³-hybridized carbons (Fsp3) is 0.273. The molecule has 0 fully saturated rings. The predicted octanol–water partition coefficient (Wildman–Crippen LogP) is -0.103. The summed E-state index contributed by atoms with van der Waals surface area (Å²) < 4.78 is 20.8. The summed E-state index contributed by atoms with van der Waals surface area (Å²) in [6.45, 7) is 0.298. The molecule has 19 heavy (non-hydrogen) atoms. The molecule has 0 bridgehead atoms. The lowest BCUT2D eigenvalue weighted by atomic mass is 10.1. The van der Waals surface area contributed by atoms with Crippen LogP contribution in [-0.4, -0.2) is 37.7 Å². The second-order valence-corrected chi connectivity index (χ2v) is 4.88. The fourth-order valence-electron chi connectivity index (χ4n) is 1.47. The van der Waals surface area contributed by atoms with Gasteiger partial charge in [-0.2, -0.15) is 0 Å². The molecule has 1 amide bonds. The van der Waals surface area contributed by atoms with Crippen LogP contribution in [0.3, 0.4) is 0 Å². The van der Waals surface area contributed by atoms with Crippen molar-refractivity contribution in [2.24, 2.45) is 5.73 Å². The minimum Gasteiger partial charge on any atom is -0.478 e. The number of carbonyl (C=O) groups excluding carboxylic acids is 1. The van der Waals surface area contributed by atoms with E-state index in [2.05, 4.69) is 5.32 Å². The van der Waals surface area contributed by atoms with Crippen molar-refractivity contribution in [2.75, 3.05) is 17.6 Å². The number of aromatic carboxylic acids is 1. The van der Waals surface area contributed by atoms with Crippen molar-refractivity contribution < 1.29 is 23.1 Å². The number of primary amides is 1. The van der Waals surface area contributed by atoms with E-state index in [4.69, 9.17) is 10.8 Å². The molecule has 0 aliphatic heterocycles. The first-order valence-corrected chi connectivity index (χ1v) is 6.81. The van der Waals surface area contributed by atoms with Gasteiger partial charge in [0, 0.05) is 18.0 Å². The summed E-state index contributed by atoms with van der Waals surface area (Å²) in [5, 5.41) is 11.7. The van der Waals surface area contributed by atoms with Crippen molar-refractivity contribution in [2.45, 2.75) is 6.42 Å². The zero-order valence-electron chi connectivity index (χ0n) is 9.96. The van der Waals surface area contributed by atoms with Gasteiger partial charge in [-0.25, -0.2) is 13.2 Å². The highest BCUT2D eigenvalue weighted by Gasteiger charge is 2.11. The van der Waals surface area contributed by atoms with Gasteiger partial charge >= 0.3 is 5.97 Å². The van der Waals surface area contributed by atoms with Crippen LogP contribution in [-0.2, 0) is 10.7 Å². The zero-order valence-corrected chi connectivity index (χ0v) is 10.9. The summed E-state index contributed by atoms with van der Waals surface area (Å²) in [5.41, 5.74) is 5.64. The van der Waals surface area contributed by atoms with Gasteiger partial charge in [0.2, 0.25) is 0 Å². The minimum atomic E-state index is -2.44. The largest absolute Gasteiger partial charge is 0.478 e. The van der Waals surface area contributed by atoms with Gasteiger partial charge in [-0.05, 0) is 24.6 Å². The van der Waals surface area contributed by atoms with E-state index in [0.29, 0.717) is 13.0 Å². The summed E-state index contributed by atoms with van der Waals surface area (Å²) in [5.74, 6) is -1.79. The van der Waals surface area contributed by atoms with Crippen LogP contribution in [0, 0.1) is 0 Å². The fourth-order valence-corrected chi connectivity index (χ4v) is 1.89. The number of hydrogen-bond acceptors (Lipinski definition) is 5. The smallest absolute Gasteiger partial charge is 0.335 e. The first-order valence-electron chi connectivity index (χ1n) is 5.44. The summed E-state index contributed by atoms with van der Waals surface area (Å²) in [4.78, 5) is 22.0. The number of carboxylic acid groups (broad SMARTS) is 1. The first-order chi connectivity index (χ1) is 8.91. The summed E-state index contributed by atoms with van der Waals surface area (Å²) in [6.07, 6.45) is 0.355. The highest BCUT2D eigenvalue weighted by atomic mass is 32.2. The Bertz CT molecular complexity index is 560. The maximum atomic E-state index is 11.2. The maximum absolute atomic E-state index is 11.2. The standard InChI is InChI=1S/C11H14N2O5S/c12-10(14)8-3-2-7(11(15)16)6-9(8)13-4-1-5-19(17)18/h2-3,6,13,19H,1,4-5H2,(H2,12,14)(H,15,16). The van der Waals surface area contributed by atoms with Crippen LogP contribution in [0.4, 0.5) is 5.69 Å². The van der Waals surface area contributed by atoms with Gasteiger partial charge in [-0.1, -0.05) is 0 Å². The SMILES string of the molecule is NC(=O)c1ccc(C(=O)O)cc1NCCC[SH](=O)=O. The number of carbonyl (C=O) groups is 2. The monoisotopic (exact) mass is 286 g/mol. The third kappa shape index (κ3) is 4.59. The van der Waals surface area contributed by atoms with Crippen LogP contribution in [0.15, 0.2) is 18.2 Å². The molecule has 0 saturated carbocycles. The average molecular weight is 286 g/mol. The Hall–Kier alpha value is -2.09. The summed E-state index contributed by atoms with van der Waals surface area (Å²) >= 11 is 0. The molecule has 7 nitrogen and oxygen atoms in total. The molecule has 1 aromatic carbocycles. The van der Waals surface area contributed by atoms with E-state index < -0.39 is 22.6 Å². The van der Waals surface area contributed by atoms with E-state index in [9.17, 15) is 18.0 Å². The molecule has 4 N–H and O–H groups in total. The van der Waals surface area contributed by atoms with E-state index in [1.54, 1.807) is 0 Å². The van der Waals surface area contributed by atoms with E-state index in [1.807, 2.05) is 0 Å². The van der Waals surface area contributed by atoms with Gasteiger partial charge < -0.3 is 16.2 Å². The number of rotatable bonds is 7. The molecule has 0 aliphatic carbocycles. The van der Waals surface area contributed by atoms with Gasteiger partial charge in [-0.3, -0.25) is 4.79 Å². The third-order valence-electron chi connectivity index (χ3n) is 2.36. The molecule has 0 aliphatic rings. The van der Waals surface area contributed by atoms with Gasteiger partial charge in [0.15, 0.2) is 0 Å². The number of benzene rings is 1. The van der Waals surface area contributed by atoms with E-state index in [1.165, 1.54) is 18.2 Å². The average Bonchev–Trinajstić information content (AvgIpc) is 2.33. The molecule has 1 aromatic rings. The lowest BCUT2D eigenvalue weighted by Gasteiger charge is -2.10. The Morgan fingerprint density at radius 3 is 2.53 bits per heavy atom. The predicted molar refractivity (Wildman–Crippen MR) is 70.2 cm³/mol. The molecule has 1 rings (SSSR count). The number of amides is 1. The molecule has 0 unspecified atom stereocenters. The highest BCUT2D eigenvalue weighted by molar-refractivity contribution is 7.72. The molecule has 0 heterocycles. The van der Waals surface area contributed by atoms with Crippen LogP contribution in [0.1, 0.15) is 27.1 Å². The number of nitrogens with two attached hydrogens (primary N) is 1. The van der Waals surface area contributed by atoms with Crippen molar-refractivity contribution in [1.29, 1.82) is 0 Å². The Kier molecular flexibility index (Phi) is 5.31. The van der Waals surface area contributed by atoms with Gasteiger partial charge in [-0.15, -0.1) is 0 Å². The highest BCUT2D eigenvalue weighted by Crippen LogP contribution is 2.17. The van der Waals surface area contributed by atoms with Crippen LogP contribution in [0.2, 0.25) is 0 Å². The number of hydrogen-bond donors (Lipinski definition) is 4. The Morgan fingerprint density at radius 2 is 2.00 bits per heavy atom. The molecule has 0 spiro atoms. The van der Waals surface area contributed by atoms with Gasteiger partial charge in [0.1, 0.15) is 10.7 Å². The van der Waals surface area contributed by atoms with Crippen molar-refractivity contribution in [3.8, 4) is 0 Å². The summed E-state index contributed by atoms with van der Waals surface area (Å²) in [6, 6.07) is 3.89. The Labute approximate surface area is 111 Å². The molecular weight excluding hydrogens is 272 g/mol. The molecule has 0 saturated heterocycles.